The summed E-state index contributed by atoms with van der Waals surface area (Å²) in [6, 6.07) is 2.96. The van der Waals surface area contributed by atoms with Gasteiger partial charge in [0.25, 0.3) is 21.9 Å². The molecule has 300 valence electrons. The van der Waals surface area contributed by atoms with E-state index in [0.717, 1.165) is 4.90 Å². The van der Waals surface area contributed by atoms with Gasteiger partial charge in [-0.1, -0.05) is 26.3 Å². The fraction of sp³-hybridized carbons (Fsp3) is 0.588. The zero-order valence-electron chi connectivity index (χ0n) is 29.8. The van der Waals surface area contributed by atoms with E-state index in [4.69, 9.17) is 14.2 Å². The van der Waals surface area contributed by atoms with Crippen LogP contribution in [0.2, 0.25) is 0 Å². The summed E-state index contributed by atoms with van der Waals surface area (Å²) in [5.74, 6) is -5.73. The molecule has 1 aromatic rings. The first-order valence-electron chi connectivity index (χ1n) is 17.3. The number of carbonyl (C=O) groups excluding carboxylic acids is 5. The Morgan fingerprint density at radius 1 is 0.926 bits per heavy atom. The molecule has 0 aliphatic carbocycles. The molecule has 2 aliphatic rings. The summed E-state index contributed by atoms with van der Waals surface area (Å²) < 4.78 is 48.8. The number of ether oxygens (including phenoxy) is 3. The number of imide groups is 1. The minimum atomic E-state index is -4.67. The molecule has 1 aromatic carbocycles. The van der Waals surface area contributed by atoms with Gasteiger partial charge in [-0.25, -0.2) is 4.79 Å². The lowest BCUT2D eigenvalue weighted by Crippen LogP contribution is -2.61. The number of carbonyl (C=O) groups is 6. The van der Waals surface area contributed by atoms with Crippen LogP contribution in [0.25, 0.3) is 0 Å². The third kappa shape index (κ3) is 13.4. The number of unbranched alkanes of at least 4 members (excludes halogenated alkanes) is 3. The van der Waals surface area contributed by atoms with Crippen molar-refractivity contribution in [2.75, 3.05) is 18.8 Å². The van der Waals surface area contributed by atoms with Gasteiger partial charge >= 0.3 is 11.9 Å². The highest BCUT2D eigenvalue weighted by Crippen LogP contribution is 2.27. The summed E-state index contributed by atoms with van der Waals surface area (Å²) in [5.41, 5.74) is 1.18. The zero-order chi connectivity index (χ0) is 40.2. The molecule has 0 spiro atoms. The molecule has 4 amide bonds. The van der Waals surface area contributed by atoms with Crippen molar-refractivity contribution in [2.45, 2.75) is 102 Å². The average molecular weight is 786 g/mol. The lowest BCUT2D eigenvalue weighted by atomic mass is 9.99. The SMILES string of the molecule is CC(C)C(=O)OCc1ccc(O[C@@H]2O[C@H](C(=O)O)[C@@H](O)[C@H](O)[C@H]2O)cc1CCCCNC(=O)[C@H](CS(=O)(=O)O)NC(=O)CCCCCN1C(=O)C=CC1=O. The van der Waals surface area contributed by atoms with Gasteiger partial charge in [0.05, 0.1) is 5.92 Å². The smallest absolute Gasteiger partial charge is 0.335 e. The molecule has 6 atom stereocenters. The number of aliphatic carboxylic acids is 1. The molecule has 1 saturated heterocycles. The van der Waals surface area contributed by atoms with Crippen LogP contribution in [0.15, 0.2) is 30.4 Å². The first-order valence-corrected chi connectivity index (χ1v) is 18.9. The number of amides is 4. The highest BCUT2D eigenvalue weighted by molar-refractivity contribution is 7.85. The summed E-state index contributed by atoms with van der Waals surface area (Å²) in [6.07, 6.45) is -4.60. The Morgan fingerprint density at radius 2 is 1.61 bits per heavy atom. The number of benzene rings is 1. The third-order valence-electron chi connectivity index (χ3n) is 8.47. The lowest BCUT2D eigenvalue weighted by Gasteiger charge is -2.38. The Hall–Kier alpha value is -4.47. The maximum absolute atomic E-state index is 12.9. The summed E-state index contributed by atoms with van der Waals surface area (Å²) in [7, 11) is -4.67. The van der Waals surface area contributed by atoms with Crippen molar-refractivity contribution in [2.24, 2.45) is 5.92 Å². The first-order chi connectivity index (χ1) is 25.4. The van der Waals surface area contributed by atoms with Crippen LogP contribution in [0, 0.1) is 5.92 Å². The number of nitrogens with one attached hydrogen (secondary N) is 2. The minimum Gasteiger partial charge on any atom is -0.479 e. The first kappa shape index (κ1) is 43.9. The number of esters is 1. The van der Waals surface area contributed by atoms with Gasteiger partial charge in [0, 0.05) is 31.7 Å². The Kier molecular flexibility index (Phi) is 16.5. The summed E-state index contributed by atoms with van der Waals surface area (Å²) in [5, 5.41) is 44.6. The van der Waals surface area contributed by atoms with E-state index in [0.29, 0.717) is 49.7 Å². The Bertz CT molecular complexity index is 1650. The van der Waals surface area contributed by atoms with E-state index in [1.807, 2.05) is 0 Å². The minimum absolute atomic E-state index is 0.0340. The molecule has 1 fully saturated rings. The van der Waals surface area contributed by atoms with Gasteiger partial charge in [0.1, 0.15) is 42.5 Å². The van der Waals surface area contributed by atoms with Crippen LogP contribution in [-0.2, 0) is 61.4 Å². The van der Waals surface area contributed by atoms with Gasteiger partial charge < -0.3 is 45.3 Å². The molecule has 54 heavy (non-hydrogen) atoms. The molecular weight excluding hydrogens is 738 g/mol. The maximum atomic E-state index is 12.9. The molecule has 2 aliphatic heterocycles. The zero-order valence-corrected chi connectivity index (χ0v) is 30.6. The van der Waals surface area contributed by atoms with E-state index in [2.05, 4.69) is 10.6 Å². The number of aliphatic hydroxyl groups is 3. The molecule has 3 rings (SSSR count). The number of hydrogen-bond donors (Lipinski definition) is 7. The number of carboxylic acids is 1. The van der Waals surface area contributed by atoms with Gasteiger partial charge in [-0.05, 0) is 55.4 Å². The van der Waals surface area contributed by atoms with E-state index in [9.17, 15) is 62.2 Å². The molecule has 19 nitrogen and oxygen atoms in total. The standard InChI is InChI=1S/C34H47N3O16S/c1-19(2)33(47)51-17-21-10-11-22(52-34-29(43)27(41)28(42)30(53-34)32(45)46)16-20(21)8-5-6-14-35-31(44)23(18-54(48,49)50)36-24(38)9-4-3-7-15-37-25(39)12-13-26(37)40/h10-13,16,19,23,27-30,34,41-43H,3-9,14-15,17-18H2,1-2H3,(H,35,44)(H,36,38)(H,45,46)(H,48,49,50)/t23-,27-,28-,29+,30-,34+/m0/s1. The summed E-state index contributed by atoms with van der Waals surface area (Å²) in [6.45, 7) is 3.43. The van der Waals surface area contributed by atoms with Gasteiger partial charge in [0.15, 0.2) is 6.10 Å². The Labute approximate surface area is 311 Å². The largest absolute Gasteiger partial charge is 0.479 e. The van der Waals surface area contributed by atoms with Crippen LogP contribution in [0.1, 0.15) is 63.5 Å². The highest BCUT2D eigenvalue weighted by atomic mass is 32.2. The van der Waals surface area contributed by atoms with E-state index in [1.165, 1.54) is 24.3 Å². The summed E-state index contributed by atoms with van der Waals surface area (Å²) in [4.78, 5) is 73.3. The topological polar surface area (TPSA) is 293 Å². The number of nitrogens with zero attached hydrogens (tertiary/aromatic N) is 1. The van der Waals surface area contributed by atoms with Crippen LogP contribution in [0.4, 0.5) is 0 Å². The van der Waals surface area contributed by atoms with Crippen LogP contribution in [-0.4, -0.2) is 129 Å². The van der Waals surface area contributed by atoms with Crippen LogP contribution < -0.4 is 15.4 Å². The highest BCUT2D eigenvalue weighted by Gasteiger charge is 2.48. The van der Waals surface area contributed by atoms with E-state index in [1.54, 1.807) is 19.9 Å². The monoisotopic (exact) mass is 785 g/mol. The van der Waals surface area contributed by atoms with E-state index < -0.39 is 94.1 Å². The fourth-order valence-corrected chi connectivity index (χ4v) is 6.12. The number of carboxylic acid groups (broad SMARTS) is 1. The lowest BCUT2D eigenvalue weighted by molar-refractivity contribution is -0.271. The van der Waals surface area contributed by atoms with E-state index >= 15 is 0 Å². The van der Waals surface area contributed by atoms with Gasteiger partial charge in [-0.15, -0.1) is 0 Å². The number of rotatable bonds is 21. The molecule has 20 heteroatoms. The van der Waals surface area contributed by atoms with Crippen LogP contribution in [0.3, 0.4) is 0 Å². The van der Waals surface area contributed by atoms with E-state index in [-0.39, 0.29) is 31.9 Å². The Balaban J connectivity index is 1.56. The number of hydrogen-bond acceptors (Lipinski definition) is 14. The van der Waals surface area contributed by atoms with Gasteiger partial charge in [-0.3, -0.25) is 33.4 Å². The molecule has 2 heterocycles. The number of aliphatic hydroxyl groups excluding tert-OH is 3. The van der Waals surface area contributed by atoms with Crippen molar-refractivity contribution < 1.29 is 76.4 Å². The molecule has 0 bridgehead atoms. The van der Waals surface area contributed by atoms with Crippen molar-refractivity contribution >= 4 is 45.7 Å². The van der Waals surface area contributed by atoms with Crippen molar-refractivity contribution in [3.05, 3.63) is 41.5 Å². The second-order valence-electron chi connectivity index (χ2n) is 13.1. The van der Waals surface area contributed by atoms with Crippen molar-refractivity contribution in [3.63, 3.8) is 0 Å². The maximum Gasteiger partial charge on any atom is 0.335 e. The molecule has 0 aromatic heterocycles. The fourth-order valence-electron chi connectivity index (χ4n) is 5.47. The molecule has 0 unspecified atom stereocenters. The Morgan fingerprint density at radius 3 is 2.24 bits per heavy atom. The molecule has 0 saturated carbocycles. The average Bonchev–Trinajstić information content (AvgIpc) is 3.42. The molecular formula is C34H47N3O16S. The van der Waals surface area contributed by atoms with Gasteiger partial charge in [0.2, 0.25) is 18.1 Å². The van der Waals surface area contributed by atoms with Crippen LogP contribution >= 0.6 is 0 Å². The van der Waals surface area contributed by atoms with Gasteiger partial charge in [-0.2, -0.15) is 8.42 Å². The predicted octanol–water partition coefficient (Wildman–Crippen LogP) is -1.05. The number of aryl methyl sites for hydroxylation is 1. The van der Waals surface area contributed by atoms with Crippen LogP contribution in [0.5, 0.6) is 5.75 Å². The van der Waals surface area contributed by atoms with Crippen molar-refractivity contribution in [3.8, 4) is 5.75 Å². The second kappa shape index (κ2) is 20.3. The molecule has 0 radical (unpaired) electrons. The predicted molar refractivity (Wildman–Crippen MR) is 185 cm³/mol. The normalized spacial score (nSPS) is 21.9. The quantitative estimate of drug-likeness (QED) is 0.0339. The summed E-state index contributed by atoms with van der Waals surface area (Å²) >= 11 is 0. The molecule has 7 N–H and O–H groups in total. The second-order valence-corrected chi connectivity index (χ2v) is 14.6. The third-order valence-corrected chi connectivity index (χ3v) is 9.23. The van der Waals surface area contributed by atoms with Crippen molar-refractivity contribution in [1.82, 2.24) is 15.5 Å². The van der Waals surface area contributed by atoms with Crippen molar-refractivity contribution in [1.29, 1.82) is 0 Å².